The van der Waals surface area contributed by atoms with Gasteiger partial charge in [0.05, 0.1) is 0 Å². The van der Waals surface area contributed by atoms with Crippen LogP contribution >= 0.6 is 0 Å². The molecule has 1 aromatic heterocycles. The van der Waals surface area contributed by atoms with Crippen molar-refractivity contribution in [2.45, 2.75) is 38.3 Å². The van der Waals surface area contributed by atoms with Crippen molar-refractivity contribution in [3.05, 3.63) is 23.9 Å². The molecule has 2 amide bonds. The highest BCUT2D eigenvalue weighted by atomic mass is 16.2. The molecule has 3 rings (SSSR count). The molecule has 0 spiro atoms. The Hall–Kier alpha value is -1.78. The van der Waals surface area contributed by atoms with E-state index in [2.05, 4.69) is 15.6 Å². The van der Waals surface area contributed by atoms with Crippen LogP contribution < -0.4 is 15.5 Å². The lowest BCUT2D eigenvalue weighted by atomic mass is 9.95. The number of amides is 2. The first kappa shape index (κ1) is 14.2. The van der Waals surface area contributed by atoms with Crippen LogP contribution in [0.25, 0.3) is 0 Å². The molecule has 2 aliphatic rings. The first-order valence-corrected chi connectivity index (χ1v) is 7.79. The Kier molecular flexibility index (Phi) is 3.99. The number of fused-ring (bicyclic) bond motifs is 2. The van der Waals surface area contributed by atoms with Crippen LogP contribution in [0.4, 0.5) is 10.6 Å². The quantitative estimate of drug-likeness (QED) is 0.892. The van der Waals surface area contributed by atoms with Crippen LogP contribution in [0.3, 0.4) is 0 Å². The maximum atomic E-state index is 12.1. The fourth-order valence-corrected chi connectivity index (χ4v) is 3.79. The minimum Gasteiger partial charge on any atom is -0.362 e. The van der Waals surface area contributed by atoms with Gasteiger partial charge in [0.2, 0.25) is 0 Å². The Labute approximate surface area is 126 Å². The van der Waals surface area contributed by atoms with Crippen molar-refractivity contribution in [1.29, 1.82) is 0 Å². The predicted octanol–water partition coefficient (Wildman–Crippen LogP) is 2.14. The third-order valence-corrected chi connectivity index (χ3v) is 4.79. The van der Waals surface area contributed by atoms with E-state index in [1.165, 1.54) is 19.3 Å². The summed E-state index contributed by atoms with van der Waals surface area (Å²) < 4.78 is 0. The largest absolute Gasteiger partial charge is 0.362 e. The number of carbonyl (C=O) groups excluding carboxylic acids is 1. The van der Waals surface area contributed by atoms with E-state index < -0.39 is 0 Å². The smallest absolute Gasteiger partial charge is 0.315 e. The molecule has 0 aliphatic heterocycles. The molecular weight excluding hydrogens is 264 g/mol. The number of rotatable bonds is 4. The summed E-state index contributed by atoms with van der Waals surface area (Å²) >= 11 is 0. The van der Waals surface area contributed by atoms with Crippen LogP contribution in [-0.4, -0.2) is 31.2 Å². The van der Waals surface area contributed by atoms with E-state index in [1.807, 2.05) is 31.1 Å². The average molecular weight is 288 g/mol. The van der Waals surface area contributed by atoms with Crippen molar-refractivity contribution in [2.24, 2.45) is 11.8 Å². The Balaban J connectivity index is 1.52. The van der Waals surface area contributed by atoms with E-state index in [4.69, 9.17) is 0 Å². The van der Waals surface area contributed by atoms with Crippen LogP contribution in [0.15, 0.2) is 18.3 Å². The van der Waals surface area contributed by atoms with Gasteiger partial charge >= 0.3 is 6.03 Å². The van der Waals surface area contributed by atoms with Gasteiger partial charge in [-0.05, 0) is 37.2 Å². The Morgan fingerprint density at radius 2 is 2.24 bits per heavy atom. The van der Waals surface area contributed by atoms with Gasteiger partial charge in [0.1, 0.15) is 5.82 Å². The van der Waals surface area contributed by atoms with E-state index in [-0.39, 0.29) is 6.03 Å². The van der Waals surface area contributed by atoms with Gasteiger partial charge in [-0.1, -0.05) is 12.5 Å². The monoisotopic (exact) mass is 288 g/mol. The third kappa shape index (κ3) is 3.12. The number of nitrogens with one attached hydrogen (secondary N) is 2. The molecule has 1 heterocycles. The summed E-state index contributed by atoms with van der Waals surface area (Å²) in [6.45, 7) is 0.508. The molecule has 5 heteroatoms. The number of nitrogens with zero attached hydrogens (tertiary/aromatic N) is 2. The molecule has 0 radical (unpaired) electrons. The number of hydrogen-bond donors (Lipinski definition) is 2. The van der Waals surface area contributed by atoms with Crippen molar-refractivity contribution in [2.75, 3.05) is 19.0 Å². The molecule has 2 N–H and O–H groups in total. The number of carbonyl (C=O) groups is 1. The molecule has 114 valence electrons. The van der Waals surface area contributed by atoms with Crippen LogP contribution in [0.5, 0.6) is 0 Å². The fraction of sp³-hybridized carbons (Fsp3) is 0.625. The van der Waals surface area contributed by atoms with Gasteiger partial charge in [-0.25, -0.2) is 9.78 Å². The summed E-state index contributed by atoms with van der Waals surface area (Å²) in [5.74, 6) is 2.45. The molecular formula is C16H24N4O. The topological polar surface area (TPSA) is 57.3 Å². The van der Waals surface area contributed by atoms with Crippen LogP contribution in [-0.2, 0) is 6.54 Å². The first-order valence-electron chi connectivity index (χ1n) is 7.79. The SMILES string of the molecule is CN(C)c1ncccc1CNC(=O)N[C@H]1C[C@H]2CC[C@H]1C2. The highest BCUT2D eigenvalue weighted by Crippen LogP contribution is 2.44. The van der Waals surface area contributed by atoms with Crippen molar-refractivity contribution >= 4 is 11.8 Å². The van der Waals surface area contributed by atoms with Crippen molar-refractivity contribution in [3.63, 3.8) is 0 Å². The first-order chi connectivity index (χ1) is 10.1. The van der Waals surface area contributed by atoms with Gasteiger partial charge < -0.3 is 15.5 Å². The third-order valence-electron chi connectivity index (χ3n) is 4.79. The second-order valence-electron chi connectivity index (χ2n) is 6.49. The van der Waals surface area contributed by atoms with Crippen molar-refractivity contribution < 1.29 is 4.79 Å². The maximum absolute atomic E-state index is 12.1. The Bertz CT molecular complexity index is 517. The summed E-state index contributed by atoms with van der Waals surface area (Å²) in [7, 11) is 3.92. The average Bonchev–Trinajstić information content (AvgIpc) is 3.08. The molecule has 2 fully saturated rings. The lowest BCUT2D eigenvalue weighted by molar-refractivity contribution is 0.230. The number of urea groups is 1. The lowest BCUT2D eigenvalue weighted by Crippen LogP contribution is -2.44. The minimum absolute atomic E-state index is 0.0545. The van der Waals surface area contributed by atoms with Crippen molar-refractivity contribution in [1.82, 2.24) is 15.6 Å². The summed E-state index contributed by atoms with van der Waals surface area (Å²) in [5, 5.41) is 6.11. The normalized spacial score (nSPS) is 26.7. The summed E-state index contributed by atoms with van der Waals surface area (Å²) in [6, 6.07) is 4.23. The van der Waals surface area contributed by atoms with E-state index >= 15 is 0 Å². The zero-order chi connectivity index (χ0) is 14.8. The number of pyridine rings is 1. The standard InChI is InChI=1S/C16H24N4O/c1-20(2)15-13(4-3-7-17-15)10-18-16(21)19-14-9-11-5-6-12(14)8-11/h3-4,7,11-12,14H,5-6,8-10H2,1-2H3,(H2,18,19,21)/t11-,12-,14-/m0/s1. The Morgan fingerprint density at radius 1 is 1.38 bits per heavy atom. The van der Waals surface area contributed by atoms with Gasteiger partial charge in [0.25, 0.3) is 0 Å². The molecule has 21 heavy (non-hydrogen) atoms. The molecule has 2 aliphatic carbocycles. The molecule has 1 aromatic rings. The van der Waals surface area contributed by atoms with Gasteiger partial charge in [-0.3, -0.25) is 0 Å². The van der Waals surface area contributed by atoms with Gasteiger partial charge in [-0.2, -0.15) is 0 Å². The van der Waals surface area contributed by atoms with E-state index in [0.29, 0.717) is 18.5 Å². The summed E-state index contributed by atoms with van der Waals surface area (Å²) in [5.41, 5.74) is 1.03. The van der Waals surface area contributed by atoms with Crippen LogP contribution in [0.2, 0.25) is 0 Å². The van der Waals surface area contributed by atoms with E-state index in [0.717, 1.165) is 23.7 Å². The maximum Gasteiger partial charge on any atom is 0.315 e. The summed E-state index contributed by atoms with van der Waals surface area (Å²) in [4.78, 5) is 18.4. The van der Waals surface area contributed by atoms with Crippen LogP contribution in [0, 0.1) is 11.8 Å². The number of aromatic nitrogens is 1. The van der Waals surface area contributed by atoms with Gasteiger partial charge in [-0.15, -0.1) is 0 Å². The molecule has 0 unspecified atom stereocenters. The van der Waals surface area contributed by atoms with Crippen molar-refractivity contribution in [3.8, 4) is 0 Å². The molecule has 2 saturated carbocycles. The number of anilines is 1. The van der Waals surface area contributed by atoms with E-state index in [1.54, 1.807) is 6.20 Å². The molecule has 5 nitrogen and oxygen atoms in total. The second-order valence-corrected chi connectivity index (χ2v) is 6.49. The highest BCUT2D eigenvalue weighted by Gasteiger charge is 2.40. The van der Waals surface area contributed by atoms with Crippen LogP contribution in [0.1, 0.15) is 31.2 Å². The molecule has 0 aromatic carbocycles. The Morgan fingerprint density at radius 3 is 2.90 bits per heavy atom. The zero-order valence-electron chi connectivity index (χ0n) is 12.8. The molecule has 0 saturated heterocycles. The minimum atomic E-state index is -0.0545. The summed E-state index contributed by atoms with van der Waals surface area (Å²) in [6.07, 6.45) is 6.87. The van der Waals surface area contributed by atoms with Gasteiger partial charge in [0.15, 0.2) is 0 Å². The van der Waals surface area contributed by atoms with Gasteiger partial charge in [0, 0.05) is 38.4 Å². The molecule has 2 bridgehead atoms. The lowest BCUT2D eigenvalue weighted by Gasteiger charge is -2.23. The van der Waals surface area contributed by atoms with E-state index in [9.17, 15) is 4.79 Å². The molecule has 3 atom stereocenters. The second kappa shape index (κ2) is 5.92. The fourth-order valence-electron chi connectivity index (χ4n) is 3.79. The number of hydrogen-bond acceptors (Lipinski definition) is 3. The zero-order valence-corrected chi connectivity index (χ0v) is 12.8. The predicted molar refractivity (Wildman–Crippen MR) is 83.2 cm³/mol. The highest BCUT2D eigenvalue weighted by molar-refractivity contribution is 5.74.